The van der Waals surface area contributed by atoms with E-state index in [4.69, 9.17) is 0 Å². The molecule has 178 valence electrons. The molecule has 1 aromatic carbocycles. The molecule has 0 bridgehead atoms. The Kier molecular flexibility index (Phi) is 5.93. The molecule has 2 aliphatic rings. The number of fused-ring (bicyclic) bond motifs is 1. The van der Waals surface area contributed by atoms with Gasteiger partial charge < -0.3 is 4.90 Å². The molecule has 3 aromatic rings. The van der Waals surface area contributed by atoms with Crippen molar-refractivity contribution in [2.24, 2.45) is 7.05 Å². The average molecular weight is 481 g/mol. The molecule has 0 aliphatic carbocycles. The van der Waals surface area contributed by atoms with Crippen molar-refractivity contribution in [3.63, 3.8) is 0 Å². The Morgan fingerprint density at radius 2 is 1.82 bits per heavy atom. The van der Waals surface area contributed by atoms with Crippen LogP contribution in [0.5, 0.6) is 0 Å². The first-order chi connectivity index (χ1) is 16.3. The second kappa shape index (κ2) is 8.90. The Morgan fingerprint density at radius 1 is 1.12 bits per heavy atom. The summed E-state index contributed by atoms with van der Waals surface area (Å²) in [6.07, 6.45) is 1.78. The van der Waals surface area contributed by atoms with Crippen LogP contribution in [0, 0.1) is 13.8 Å². The second-order valence-electron chi connectivity index (χ2n) is 9.04. The number of aryl methyl sites for hydroxylation is 2. The number of hydrogen-bond donors (Lipinski definition) is 0. The van der Waals surface area contributed by atoms with Gasteiger partial charge in [-0.05, 0) is 38.8 Å². The van der Waals surface area contributed by atoms with Crippen molar-refractivity contribution in [3.05, 3.63) is 68.3 Å². The molecular formula is C24H28N6O3S. The molecule has 0 radical (unpaired) electrons. The van der Waals surface area contributed by atoms with Crippen LogP contribution >= 0.6 is 11.8 Å². The molecule has 9 nitrogen and oxygen atoms in total. The molecule has 0 N–H and O–H groups in total. The zero-order valence-corrected chi connectivity index (χ0v) is 20.4. The third-order valence-electron chi connectivity index (χ3n) is 6.91. The molecule has 34 heavy (non-hydrogen) atoms. The number of para-hydroxylation sites is 1. The predicted octanol–water partition coefficient (Wildman–Crippen LogP) is 2.19. The Hall–Kier alpha value is -3.14. The summed E-state index contributed by atoms with van der Waals surface area (Å²) in [5.74, 6) is 1.59. The largest absolute Gasteiger partial charge is 0.350 e. The first-order valence-corrected chi connectivity index (χ1v) is 12.6. The van der Waals surface area contributed by atoms with Crippen molar-refractivity contribution < 1.29 is 4.79 Å². The fourth-order valence-corrected chi connectivity index (χ4v) is 5.99. The Labute approximate surface area is 201 Å². The van der Waals surface area contributed by atoms with Crippen molar-refractivity contribution >= 4 is 17.7 Å². The van der Waals surface area contributed by atoms with Crippen LogP contribution in [-0.2, 0) is 11.8 Å². The molecule has 5 rings (SSSR count). The minimum absolute atomic E-state index is 0.0435. The third-order valence-corrected chi connectivity index (χ3v) is 8.01. The first-order valence-electron chi connectivity index (χ1n) is 11.6. The molecule has 1 atom stereocenters. The lowest BCUT2D eigenvalue weighted by Gasteiger charge is -2.32. The Bertz CT molecular complexity index is 1350. The quantitative estimate of drug-likeness (QED) is 0.532. The van der Waals surface area contributed by atoms with Crippen molar-refractivity contribution in [3.8, 4) is 5.69 Å². The van der Waals surface area contributed by atoms with E-state index in [1.807, 2.05) is 42.2 Å². The number of aromatic nitrogens is 5. The van der Waals surface area contributed by atoms with Gasteiger partial charge in [-0.15, -0.1) is 0 Å². The van der Waals surface area contributed by atoms with E-state index in [1.54, 1.807) is 34.9 Å². The summed E-state index contributed by atoms with van der Waals surface area (Å²) >= 11 is 1.54. The molecule has 1 saturated heterocycles. The standard InChI is InChI=1S/C24H28N6O3S/c1-15-16(2)25-23-30(22(15)32)19(14-34-23)13-20(31)28-11-9-17(10-12-28)21-26-27(3)24(33)29(21)18-7-5-4-6-8-18/h4-8,17,19H,9-14H2,1-3H3. The highest BCUT2D eigenvalue weighted by atomic mass is 32.2. The molecule has 10 heteroatoms. The highest BCUT2D eigenvalue weighted by Gasteiger charge is 2.33. The number of piperidine rings is 1. The summed E-state index contributed by atoms with van der Waals surface area (Å²) in [6.45, 7) is 4.85. The number of rotatable bonds is 4. The molecular weight excluding hydrogens is 452 g/mol. The maximum Gasteiger partial charge on any atom is 0.350 e. The minimum Gasteiger partial charge on any atom is -0.343 e. The second-order valence-corrected chi connectivity index (χ2v) is 10.0. The minimum atomic E-state index is -0.165. The van der Waals surface area contributed by atoms with Crippen LogP contribution in [0.2, 0.25) is 0 Å². The van der Waals surface area contributed by atoms with Gasteiger partial charge in [-0.1, -0.05) is 30.0 Å². The normalized spacial score (nSPS) is 18.3. The summed E-state index contributed by atoms with van der Waals surface area (Å²) in [6, 6.07) is 9.38. The van der Waals surface area contributed by atoms with Crippen LogP contribution in [0.3, 0.4) is 0 Å². The maximum atomic E-state index is 13.1. The van der Waals surface area contributed by atoms with Crippen LogP contribution in [0.1, 0.15) is 48.3 Å². The fourth-order valence-electron chi connectivity index (χ4n) is 4.81. The highest BCUT2D eigenvalue weighted by Crippen LogP contribution is 2.34. The summed E-state index contributed by atoms with van der Waals surface area (Å²) in [5.41, 5.74) is 1.99. The monoisotopic (exact) mass is 480 g/mol. The van der Waals surface area contributed by atoms with E-state index in [9.17, 15) is 14.4 Å². The summed E-state index contributed by atoms with van der Waals surface area (Å²) in [7, 11) is 1.67. The van der Waals surface area contributed by atoms with Gasteiger partial charge in [-0.2, -0.15) is 5.10 Å². The number of likely N-dealkylation sites (tertiary alicyclic amines) is 1. The van der Waals surface area contributed by atoms with E-state index in [0.717, 1.165) is 30.0 Å². The average Bonchev–Trinajstić information content (AvgIpc) is 3.38. The molecule has 2 aliphatic heterocycles. The zero-order valence-electron chi connectivity index (χ0n) is 19.6. The molecule has 1 fully saturated rings. The van der Waals surface area contributed by atoms with Crippen LogP contribution in [0.25, 0.3) is 5.69 Å². The lowest BCUT2D eigenvalue weighted by atomic mass is 9.95. The smallest absolute Gasteiger partial charge is 0.343 e. The first kappa shape index (κ1) is 22.6. The van der Waals surface area contributed by atoms with E-state index in [2.05, 4.69) is 10.1 Å². The van der Waals surface area contributed by atoms with E-state index in [1.165, 1.54) is 4.68 Å². The van der Waals surface area contributed by atoms with Crippen LogP contribution in [0.15, 0.2) is 45.1 Å². The van der Waals surface area contributed by atoms with Crippen molar-refractivity contribution in [2.45, 2.75) is 50.2 Å². The Morgan fingerprint density at radius 3 is 2.53 bits per heavy atom. The SMILES string of the molecule is Cc1nc2n(c(=O)c1C)C(CC(=O)N1CCC(c3nn(C)c(=O)n3-c3ccccc3)CC1)CS2. The number of nitrogens with zero attached hydrogens (tertiary/aromatic N) is 6. The van der Waals surface area contributed by atoms with Crippen molar-refractivity contribution in [1.82, 2.24) is 28.8 Å². The zero-order chi connectivity index (χ0) is 24.0. The number of thioether (sulfide) groups is 1. The lowest BCUT2D eigenvalue weighted by Crippen LogP contribution is -2.40. The van der Waals surface area contributed by atoms with Gasteiger partial charge in [0.05, 0.1) is 11.7 Å². The molecule has 1 unspecified atom stereocenters. The summed E-state index contributed by atoms with van der Waals surface area (Å²) < 4.78 is 4.76. The molecule has 0 saturated carbocycles. The van der Waals surface area contributed by atoms with Gasteiger partial charge in [-0.3, -0.25) is 14.2 Å². The molecule has 2 aromatic heterocycles. The Balaban J connectivity index is 1.28. The maximum absolute atomic E-state index is 13.1. The number of hydrogen-bond acceptors (Lipinski definition) is 6. The van der Waals surface area contributed by atoms with E-state index < -0.39 is 0 Å². The third kappa shape index (κ3) is 3.89. The summed E-state index contributed by atoms with van der Waals surface area (Å²) in [5, 5.41) is 5.24. The number of carbonyl (C=O) groups is 1. The highest BCUT2D eigenvalue weighted by molar-refractivity contribution is 7.99. The van der Waals surface area contributed by atoms with Crippen LogP contribution in [-0.4, -0.2) is 53.5 Å². The van der Waals surface area contributed by atoms with E-state index in [-0.39, 0.29) is 29.1 Å². The fraction of sp³-hybridized carbons (Fsp3) is 0.458. The van der Waals surface area contributed by atoms with Gasteiger partial charge >= 0.3 is 5.69 Å². The van der Waals surface area contributed by atoms with Crippen molar-refractivity contribution in [1.29, 1.82) is 0 Å². The van der Waals surface area contributed by atoms with Crippen LogP contribution in [0.4, 0.5) is 0 Å². The molecule has 4 heterocycles. The van der Waals surface area contributed by atoms with Crippen LogP contribution < -0.4 is 11.2 Å². The predicted molar refractivity (Wildman–Crippen MR) is 130 cm³/mol. The van der Waals surface area contributed by atoms with Crippen molar-refractivity contribution in [2.75, 3.05) is 18.8 Å². The number of benzene rings is 1. The van der Waals surface area contributed by atoms with Gasteiger partial charge in [0, 0.05) is 49.5 Å². The van der Waals surface area contributed by atoms with Gasteiger partial charge in [0.1, 0.15) is 5.82 Å². The van der Waals surface area contributed by atoms with Gasteiger partial charge in [0.15, 0.2) is 5.16 Å². The van der Waals surface area contributed by atoms with Gasteiger partial charge in [0.25, 0.3) is 5.56 Å². The molecule has 0 spiro atoms. The topological polar surface area (TPSA) is 95.0 Å². The number of carbonyl (C=O) groups excluding carboxylic acids is 1. The van der Waals surface area contributed by atoms with Gasteiger partial charge in [0.2, 0.25) is 5.91 Å². The van der Waals surface area contributed by atoms with E-state index >= 15 is 0 Å². The lowest BCUT2D eigenvalue weighted by molar-refractivity contribution is -0.133. The summed E-state index contributed by atoms with van der Waals surface area (Å²) in [4.78, 5) is 45.0. The number of amides is 1. The molecule has 1 amide bonds. The van der Waals surface area contributed by atoms with Gasteiger partial charge in [-0.25, -0.2) is 19.0 Å². The van der Waals surface area contributed by atoms with E-state index in [0.29, 0.717) is 36.0 Å².